The SMILES string of the molecule is CCOc1cc(C(=O)NCC2(C)CC(NC(=O)c3cc(OCC)c(OCC)c(OCC)c3)CC(C)(C)C2)cc(OCC)c1OCC. The molecule has 2 N–H and O–H groups in total. The molecule has 256 valence electrons. The molecule has 2 aromatic carbocycles. The van der Waals surface area contributed by atoms with Crippen molar-refractivity contribution in [3.63, 3.8) is 0 Å². The summed E-state index contributed by atoms with van der Waals surface area (Å²) in [5, 5.41) is 6.42. The Hall–Kier alpha value is -3.82. The first-order valence-electron chi connectivity index (χ1n) is 16.6. The van der Waals surface area contributed by atoms with E-state index in [9.17, 15) is 9.59 Å². The van der Waals surface area contributed by atoms with Gasteiger partial charge in [-0.15, -0.1) is 0 Å². The van der Waals surface area contributed by atoms with Gasteiger partial charge in [0.2, 0.25) is 11.5 Å². The molecule has 1 saturated carbocycles. The van der Waals surface area contributed by atoms with Crippen LogP contribution in [0.4, 0.5) is 0 Å². The number of carbonyl (C=O) groups is 2. The van der Waals surface area contributed by atoms with Crippen molar-refractivity contribution in [2.45, 2.75) is 87.6 Å². The molecular weight excluding hydrogens is 588 g/mol. The predicted molar refractivity (Wildman–Crippen MR) is 179 cm³/mol. The van der Waals surface area contributed by atoms with Crippen molar-refractivity contribution < 1.29 is 38.0 Å². The highest BCUT2D eigenvalue weighted by Gasteiger charge is 2.42. The fraction of sp³-hybridized carbons (Fsp3) is 0.611. The van der Waals surface area contributed by atoms with Gasteiger partial charge in [-0.25, -0.2) is 0 Å². The van der Waals surface area contributed by atoms with E-state index in [0.717, 1.165) is 12.8 Å². The van der Waals surface area contributed by atoms with Crippen molar-refractivity contribution in [3.8, 4) is 34.5 Å². The van der Waals surface area contributed by atoms with E-state index in [2.05, 4.69) is 31.4 Å². The van der Waals surface area contributed by atoms with Crippen molar-refractivity contribution in [2.75, 3.05) is 46.2 Å². The van der Waals surface area contributed by atoms with Crippen LogP contribution in [0.25, 0.3) is 0 Å². The molecule has 0 aromatic heterocycles. The van der Waals surface area contributed by atoms with Crippen LogP contribution in [0, 0.1) is 10.8 Å². The fourth-order valence-corrected chi connectivity index (χ4v) is 6.57. The number of amides is 2. The molecule has 0 spiro atoms. The van der Waals surface area contributed by atoms with Crippen LogP contribution in [0.3, 0.4) is 0 Å². The van der Waals surface area contributed by atoms with Crippen LogP contribution in [0.5, 0.6) is 34.5 Å². The summed E-state index contributed by atoms with van der Waals surface area (Å²) in [5.74, 6) is 2.47. The maximum Gasteiger partial charge on any atom is 0.251 e. The molecule has 1 fully saturated rings. The largest absolute Gasteiger partial charge is 0.490 e. The van der Waals surface area contributed by atoms with Crippen LogP contribution < -0.4 is 39.1 Å². The van der Waals surface area contributed by atoms with Crippen LogP contribution in [0.15, 0.2) is 24.3 Å². The monoisotopic (exact) mass is 642 g/mol. The molecule has 3 rings (SSSR count). The van der Waals surface area contributed by atoms with Crippen molar-refractivity contribution >= 4 is 11.8 Å². The molecule has 1 aliphatic carbocycles. The number of hydrogen-bond donors (Lipinski definition) is 2. The molecule has 0 saturated heterocycles. The average Bonchev–Trinajstić information content (AvgIpc) is 2.98. The van der Waals surface area contributed by atoms with Gasteiger partial charge in [0.1, 0.15) is 0 Å². The highest BCUT2D eigenvalue weighted by Crippen LogP contribution is 2.46. The quantitative estimate of drug-likeness (QED) is 0.193. The number of ether oxygens (including phenoxy) is 6. The predicted octanol–water partition coefficient (Wildman–Crippen LogP) is 6.82. The number of rotatable bonds is 17. The summed E-state index contributed by atoms with van der Waals surface area (Å²) in [6.07, 6.45) is 2.40. The van der Waals surface area contributed by atoms with E-state index < -0.39 is 0 Å². The molecule has 0 aliphatic heterocycles. The minimum atomic E-state index is -0.266. The Balaban J connectivity index is 1.80. The zero-order valence-electron chi connectivity index (χ0n) is 29.2. The number of benzene rings is 2. The lowest BCUT2D eigenvalue weighted by atomic mass is 9.62. The third-order valence-corrected chi connectivity index (χ3v) is 7.80. The molecule has 10 heteroatoms. The van der Waals surface area contributed by atoms with Gasteiger partial charge < -0.3 is 39.1 Å². The first-order valence-corrected chi connectivity index (χ1v) is 16.6. The molecule has 2 aromatic rings. The molecule has 2 amide bonds. The Bertz CT molecular complexity index is 1270. The maximum absolute atomic E-state index is 13.6. The van der Waals surface area contributed by atoms with Crippen LogP contribution in [-0.2, 0) is 0 Å². The molecule has 0 radical (unpaired) electrons. The Morgan fingerprint density at radius 3 is 1.41 bits per heavy atom. The third kappa shape index (κ3) is 9.59. The van der Waals surface area contributed by atoms with Gasteiger partial charge in [0, 0.05) is 23.7 Å². The Kier molecular flexibility index (Phi) is 13.3. The fourth-order valence-electron chi connectivity index (χ4n) is 6.57. The second kappa shape index (κ2) is 16.7. The van der Waals surface area contributed by atoms with Crippen LogP contribution in [0.1, 0.15) is 102 Å². The zero-order chi connectivity index (χ0) is 33.9. The molecule has 2 atom stereocenters. The minimum absolute atomic E-state index is 0.0646. The lowest BCUT2D eigenvalue weighted by Crippen LogP contribution is -2.50. The summed E-state index contributed by atoms with van der Waals surface area (Å²) in [6.45, 7) is 20.9. The molecule has 10 nitrogen and oxygen atoms in total. The van der Waals surface area contributed by atoms with Crippen LogP contribution in [0.2, 0.25) is 0 Å². The molecule has 0 heterocycles. The van der Waals surface area contributed by atoms with Crippen molar-refractivity contribution in [1.82, 2.24) is 10.6 Å². The molecule has 1 aliphatic rings. The van der Waals surface area contributed by atoms with Gasteiger partial charge in [0.25, 0.3) is 11.8 Å². The molecule has 2 unspecified atom stereocenters. The van der Waals surface area contributed by atoms with Gasteiger partial charge in [-0.1, -0.05) is 20.8 Å². The van der Waals surface area contributed by atoms with E-state index in [-0.39, 0.29) is 28.7 Å². The minimum Gasteiger partial charge on any atom is -0.490 e. The van der Waals surface area contributed by atoms with E-state index in [1.54, 1.807) is 24.3 Å². The number of nitrogens with one attached hydrogen (secondary N) is 2. The van der Waals surface area contributed by atoms with E-state index in [4.69, 9.17) is 28.4 Å². The van der Waals surface area contributed by atoms with Crippen LogP contribution in [-0.4, -0.2) is 64.0 Å². The first-order chi connectivity index (χ1) is 21.9. The van der Waals surface area contributed by atoms with Gasteiger partial charge in [0.05, 0.1) is 39.6 Å². The standard InChI is InChI=1S/C36H54N2O8/c1-10-41-27-16-24(17-28(42-11-2)31(27)45-14-5)33(39)37-23-36(9)21-26(20-35(7,8)22-36)38-34(40)25-18-29(43-12-3)32(46-15-6)30(19-25)44-13-4/h16-19,26H,10-15,20-23H2,1-9H3,(H,37,39)(H,38,40). The summed E-state index contributed by atoms with van der Waals surface area (Å²) in [7, 11) is 0. The second-order valence-corrected chi connectivity index (χ2v) is 12.6. The van der Waals surface area contributed by atoms with E-state index in [1.165, 1.54) is 0 Å². The van der Waals surface area contributed by atoms with Gasteiger partial charge in [-0.05, 0) is 95.9 Å². The third-order valence-electron chi connectivity index (χ3n) is 7.80. The Morgan fingerprint density at radius 1 is 0.630 bits per heavy atom. The Morgan fingerprint density at radius 2 is 1.02 bits per heavy atom. The highest BCUT2D eigenvalue weighted by atomic mass is 16.5. The Labute approximate surface area is 274 Å². The summed E-state index contributed by atoms with van der Waals surface area (Å²) < 4.78 is 34.9. The lowest BCUT2D eigenvalue weighted by molar-refractivity contribution is 0.0591. The van der Waals surface area contributed by atoms with Gasteiger partial charge in [-0.3, -0.25) is 9.59 Å². The van der Waals surface area contributed by atoms with Crippen molar-refractivity contribution in [2.24, 2.45) is 10.8 Å². The molecular formula is C36H54N2O8. The topological polar surface area (TPSA) is 114 Å². The number of carbonyl (C=O) groups excluding carboxylic acids is 2. The summed E-state index contributed by atoms with van der Waals surface area (Å²) in [5.41, 5.74) is 0.548. The second-order valence-electron chi connectivity index (χ2n) is 12.6. The van der Waals surface area contributed by atoms with E-state index in [1.807, 2.05) is 41.5 Å². The van der Waals surface area contributed by atoms with E-state index in [0.29, 0.717) is 98.2 Å². The van der Waals surface area contributed by atoms with Gasteiger partial charge in [-0.2, -0.15) is 0 Å². The summed E-state index contributed by atoms with van der Waals surface area (Å²) >= 11 is 0. The highest BCUT2D eigenvalue weighted by molar-refractivity contribution is 5.96. The first kappa shape index (κ1) is 36.6. The van der Waals surface area contributed by atoms with Gasteiger partial charge >= 0.3 is 0 Å². The van der Waals surface area contributed by atoms with Crippen molar-refractivity contribution in [3.05, 3.63) is 35.4 Å². The van der Waals surface area contributed by atoms with E-state index >= 15 is 0 Å². The summed E-state index contributed by atoms with van der Waals surface area (Å²) in [4.78, 5) is 27.1. The maximum atomic E-state index is 13.6. The zero-order valence-corrected chi connectivity index (χ0v) is 29.2. The average molecular weight is 643 g/mol. The van der Waals surface area contributed by atoms with Crippen LogP contribution >= 0.6 is 0 Å². The summed E-state index contributed by atoms with van der Waals surface area (Å²) in [6, 6.07) is 6.72. The molecule has 0 bridgehead atoms. The number of hydrogen-bond acceptors (Lipinski definition) is 8. The normalized spacial score (nSPS) is 18.7. The van der Waals surface area contributed by atoms with Crippen molar-refractivity contribution in [1.29, 1.82) is 0 Å². The molecule has 46 heavy (non-hydrogen) atoms. The lowest BCUT2D eigenvalue weighted by Gasteiger charge is -2.47. The van der Waals surface area contributed by atoms with Gasteiger partial charge in [0.15, 0.2) is 23.0 Å². The smallest absolute Gasteiger partial charge is 0.251 e.